The standard InChI is InChI=1S/C13H20N2O3/c1-5-15(6-7-18-4)11-8-9(2)14-10(3)12(11)13(16)17/h8H,5-7H2,1-4H3,(H,16,17). The molecule has 1 heterocycles. The first kappa shape index (κ1) is 14.4. The molecular weight excluding hydrogens is 232 g/mol. The van der Waals surface area contributed by atoms with Crippen LogP contribution >= 0.6 is 0 Å². The Kier molecular flexibility index (Phi) is 5.09. The highest BCUT2D eigenvalue weighted by Crippen LogP contribution is 2.23. The van der Waals surface area contributed by atoms with Gasteiger partial charge in [-0.05, 0) is 26.8 Å². The number of aryl methyl sites for hydroxylation is 2. The second-order valence-electron chi connectivity index (χ2n) is 4.12. The summed E-state index contributed by atoms with van der Waals surface area (Å²) in [5.41, 5.74) is 2.36. The molecule has 0 atom stereocenters. The Hall–Kier alpha value is -1.62. The minimum atomic E-state index is -0.939. The number of rotatable bonds is 6. The number of nitrogens with zero attached hydrogens (tertiary/aromatic N) is 2. The fraction of sp³-hybridized carbons (Fsp3) is 0.538. The molecule has 1 rings (SSSR count). The van der Waals surface area contributed by atoms with Gasteiger partial charge in [0.05, 0.1) is 18.0 Å². The number of hydrogen-bond donors (Lipinski definition) is 1. The number of carboxylic acid groups (broad SMARTS) is 1. The summed E-state index contributed by atoms with van der Waals surface area (Å²) in [6.45, 7) is 7.54. The molecule has 0 unspecified atom stereocenters. The van der Waals surface area contributed by atoms with Gasteiger partial charge < -0.3 is 14.7 Å². The van der Waals surface area contributed by atoms with Gasteiger partial charge >= 0.3 is 5.97 Å². The van der Waals surface area contributed by atoms with Crippen molar-refractivity contribution in [2.24, 2.45) is 0 Å². The van der Waals surface area contributed by atoms with Gasteiger partial charge in [-0.15, -0.1) is 0 Å². The third kappa shape index (κ3) is 3.20. The molecule has 0 saturated heterocycles. The van der Waals surface area contributed by atoms with Crippen LogP contribution in [0.5, 0.6) is 0 Å². The summed E-state index contributed by atoms with van der Waals surface area (Å²) in [6.07, 6.45) is 0. The number of ether oxygens (including phenoxy) is 1. The molecule has 0 saturated carbocycles. The zero-order chi connectivity index (χ0) is 13.7. The van der Waals surface area contributed by atoms with Crippen molar-refractivity contribution in [3.63, 3.8) is 0 Å². The van der Waals surface area contributed by atoms with Crippen LogP contribution in [-0.4, -0.2) is 42.9 Å². The number of likely N-dealkylation sites (N-methyl/N-ethyl adjacent to an activating group) is 1. The fourth-order valence-electron chi connectivity index (χ4n) is 1.97. The van der Waals surface area contributed by atoms with Gasteiger partial charge in [-0.2, -0.15) is 0 Å². The van der Waals surface area contributed by atoms with Gasteiger partial charge in [0.2, 0.25) is 0 Å². The fourth-order valence-corrected chi connectivity index (χ4v) is 1.97. The van der Waals surface area contributed by atoms with Gasteiger partial charge in [-0.1, -0.05) is 0 Å². The van der Waals surface area contributed by atoms with Gasteiger partial charge in [0, 0.05) is 25.9 Å². The van der Waals surface area contributed by atoms with Crippen LogP contribution in [-0.2, 0) is 4.74 Å². The van der Waals surface area contributed by atoms with E-state index in [1.54, 1.807) is 14.0 Å². The Labute approximate surface area is 107 Å². The minimum Gasteiger partial charge on any atom is -0.478 e. The molecule has 0 amide bonds. The van der Waals surface area contributed by atoms with E-state index in [0.717, 1.165) is 12.2 Å². The van der Waals surface area contributed by atoms with Crippen LogP contribution < -0.4 is 4.90 Å². The van der Waals surface area contributed by atoms with Crippen molar-refractivity contribution in [1.82, 2.24) is 4.98 Å². The second-order valence-corrected chi connectivity index (χ2v) is 4.12. The van der Waals surface area contributed by atoms with Crippen LogP contribution in [0, 0.1) is 13.8 Å². The molecule has 0 fully saturated rings. The third-order valence-electron chi connectivity index (χ3n) is 2.81. The molecule has 1 aromatic rings. The van der Waals surface area contributed by atoms with Crippen molar-refractivity contribution in [1.29, 1.82) is 0 Å². The number of anilines is 1. The van der Waals surface area contributed by atoms with Gasteiger partial charge in [0.25, 0.3) is 0 Å². The van der Waals surface area contributed by atoms with Crippen LogP contribution in [0.25, 0.3) is 0 Å². The van der Waals surface area contributed by atoms with E-state index in [0.29, 0.717) is 24.5 Å². The molecule has 1 N–H and O–H groups in total. The van der Waals surface area contributed by atoms with E-state index >= 15 is 0 Å². The summed E-state index contributed by atoms with van der Waals surface area (Å²) in [4.78, 5) is 17.6. The summed E-state index contributed by atoms with van der Waals surface area (Å²) in [5.74, 6) is -0.939. The maximum atomic E-state index is 11.4. The van der Waals surface area contributed by atoms with Crippen molar-refractivity contribution in [2.45, 2.75) is 20.8 Å². The van der Waals surface area contributed by atoms with E-state index in [4.69, 9.17) is 4.74 Å². The quantitative estimate of drug-likeness (QED) is 0.837. The lowest BCUT2D eigenvalue weighted by atomic mass is 10.1. The topological polar surface area (TPSA) is 62.7 Å². The van der Waals surface area contributed by atoms with Crippen LogP contribution in [0.15, 0.2) is 6.07 Å². The lowest BCUT2D eigenvalue weighted by Crippen LogP contribution is -2.29. The molecule has 5 heteroatoms. The molecule has 100 valence electrons. The molecule has 0 radical (unpaired) electrons. The highest BCUT2D eigenvalue weighted by molar-refractivity contribution is 5.95. The molecule has 0 spiro atoms. The SMILES string of the molecule is CCN(CCOC)c1cc(C)nc(C)c1C(=O)O. The van der Waals surface area contributed by atoms with Gasteiger partial charge in [-0.25, -0.2) is 4.79 Å². The number of pyridine rings is 1. The zero-order valence-corrected chi connectivity index (χ0v) is 11.4. The van der Waals surface area contributed by atoms with Crippen LogP contribution in [0.3, 0.4) is 0 Å². The molecule has 1 aromatic heterocycles. The second kappa shape index (κ2) is 6.35. The highest BCUT2D eigenvalue weighted by atomic mass is 16.5. The average molecular weight is 252 g/mol. The number of aromatic nitrogens is 1. The Morgan fingerprint density at radius 2 is 2.17 bits per heavy atom. The van der Waals surface area contributed by atoms with Gasteiger partial charge in [0.1, 0.15) is 5.56 Å². The van der Waals surface area contributed by atoms with E-state index in [1.807, 2.05) is 24.8 Å². The molecule has 0 aliphatic carbocycles. The van der Waals surface area contributed by atoms with E-state index in [-0.39, 0.29) is 5.56 Å². The van der Waals surface area contributed by atoms with Crippen molar-refractivity contribution >= 4 is 11.7 Å². The number of carboxylic acids is 1. The minimum absolute atomic E-state index is 0.276. The maximum Gasteiger partial charge on any atom is 0.339 e. The summed E-state index contributed by atoms with van der Waals surface area (Å²) in [6, 6.07) is 1.82. The Balaban J connectivity index is 3.22. The van der Waals surface area contributed by atoms with Crippen molar-refractivity contribution in [3.8, 4) is 0 Å². The predicted molar refractivity (Wildman–Crippen MR) is 70.4 cm³/mol. The number of aromatic carboxylic acids is 1. The Morgan fingerprint density at radius 1 is 1.50 bits per heavy atom. The van der Waals surface area contributed by atoms with Crippen LogP contribution in [0.4, 0.5) is 5.69 Å². The summed E-state index contributed by atoms with van der Waals surface area (Å²) in [7, 11) is 1.63. The molecule has 18 heavy (non-hydrogen) atoms. The molecule has 0 aliphatic rings. The lowest BCUT2D eigenvalue weighted by Gasteiger charge is -2.25. The summed E-state index contributed by atoms with van der Waals surface area (Å²) < 4.78 is 5.05. The first-order valence-corrected chi connectivity index (χ1v) is 5.96. The van der Waals surface area contributed by atoms with Crippen LogP contribution in [0.1, 0.15) is 28.7 Å². The predicted octanol–water partition coefficient (Wildman–Crippen LogP) is 1.87. The molecule has 0 bridgehead atoms. The van der Waals surface area contributed by atoms with E-state index in [1.165, 1.54) is 0 Å². The first-order valence-electron chi connectivity index (χ1n) is 5.96. The van der Waals surface area contributed by atoms with Crippen molar-refractivity contribution in [3.05, 3.63) is 23.0 Å². The largest absolute Gasteiger partial charge is 0.478 e. The van der Waals surface area contributed by atoms with E-state index < -0.39 is 5.97 Å². The van der Waals surface area contributed by atoms with Gasteiger partial charge in [0.15, 0.2) is 0 Å². The molecule has 0 aromatic carbocycles. The zero-order valence-electron chi connectivity index (χ0n) is 11.4. The number of methoxy groups -OCH3 is 1. The molecule has 5 nitrogen and oxygen atoms in total. The Bertz CT molecular complexity index is 432. The Morgan fingerprint density at radius 3 is 2.67 bits per heavy atom. The number of hydrogen-bond acceptors (Lipinski definition) is 4. The summed E-state index contributed by atoms with van der Waals surface area (Å²) >= 11 is 0. The lowest BCUT2D eigenvalue weighted by molar-refractivity contribution is 0.0696. The van der Waals surface area contributed by atoms with E-state index in [2.05, 4.69) is 4.98 Å². The van der Waals surface area contributed by atoms with Crippen molar-refractivity contribution < 1.29 is 14.6 Å². The maximum absolute atomic E-state index is 11.4. The number of carbonyl (C=O) groups is 1. The molecular formula is C13H20N2O3. The van der Waals surface area contributed by atoms with Crippen molar-refractivity contribution in [2.75, 3.05) is 31.7 Å². The normalized spacial score (nSPS) is 10.4. The summed E-state index contributed by atoms with van der Waals surface area (Å²) in [5, 5.41) is 9.31. The average Bonchev–Trinajstić information content (AvgIpc) is 2.28. The monoisotopic (exact) mass is 252 g/mol. The van der Waals surface area contributed by atoms with E-state index in [9.17, 15) is 9.90 Å². The van der Waals surface area contributed by atoms with Gasteiger partial charge in [-0.3, -0.25) is 4.98 Å². The molecule has 0 aliphatic heterocycles. The highest BCUT2D eigenvalue weighted by Gasteiger charge is 2.19. The third-order valence-corrected chi connectivity index (χ3v) is 2.81. The smallest absolute Gasteiger partial charge is 0.339 e. The first-order chi connectivity index (χ1) is 8.51. The van der Waals surface area contributed by atoms with Crippen LogP contribution in [0.2, 0.25) is 0 Å².